The van der Waals surface area contributed by atoms with Crippen LogP contribution in [0.1, 0.15) is 71.6 Å². The summed E-state index contributed by atoms with van der Waals surface area (Å²) in [6.45, 7) is 3.92. The van der Waals surface area contributed by atoms with Crippen LogP contribution in [0.2, 0.25) is 0 Å². The van der Waals surface area contributed by atoms with Gasteiger partial charge in [0.15, 0.2) is 0 Å². The summed E-state index contributed by atoms with van der Waals surface area (Å²) >= 11 is 0. The van der Waals surface area contributed by atoms with E-state index in [2.05, 4.69) is 6.92 Å². The molecule has 0 bridgehead atoms. The van der Waals surface area contributed by atoms with Crippen LogP contribution in [0.4, 0.5) is 0 Å². The van der Waals surface area contributed by atoms with Gasteiger partial charge in [0.2, 0.25) is 4.93 Å². The zero-order valence-corrected chi connectivity index (χ0v) is 15.1. The second-order valence-electron chi connectivity index (χ2n) is 6.03. The fourth-order valence-electron chi connectivity index (χ4n) is 2.72. The van der Waals surface area contributed by atoms with Gasteiger partial charge in [0.05, 0.1) is 0 Å². The molecular formula is C18H30O4S. The first-order valence-electron chi connectivity index (χ1n) is 8.66. The summed E-state index contributed by atoms with van der Waals surface area (Å²) < 4.78 is 39.3. The molecule has 0 spiro atoms. The normalized spacial score (nSPS) is 14.4. The van der Waals surface area contributed by atoms with Gasteiger partial charge in [-0.1, -0.05) is 70.6 Å². The van der Waals surface area contributed by atoms with Gasteiger partial charge in [0, 0.05) is 12.8 Å². The molecule has 0 saturated heterocycles. The Morgan fingerprint density at radius 1 is 0.957 bits per heavy atom. The number of rotatable bonds is 12. The van der Waals surface area contributed by atoms with Crippen molar-refractivity contribution in [3.63, 3.8) is 0 Å². The third kappa shape index (κ3) is 6.51. The molecule has 1 rings (SSSR count). The average Bonchev–Trinajstić information content (AvgIpc) is 2.52. The van der Waals surface area contributed by atoms with E-state index in [9.17, 15) is 13.0 Å². The van der Waals surface area contributed by atoms with Crippen molar-refractivity contribution in [2.45, 2.75) is 76.6 Å². The van der Waals surface area contributed by atoms with E-state index in [1.54, 1.807) is 31.2 Å². The smallest absolute Gasteiger partial charge is 0.306 e. The van der Waals surface area contributed by atoms with Crippen LogP contribution in [-0.4, -0.2) is 17.9 Å². The fraction of sp³-hybridized carbons (Fsp3) is 0.667. The lowest BCUT2D eigenvalue weighted by Crippen LogP contribution is -2.43. The third-order valence-electron chi connectivity index (χ3n) is 4.22. The molecule has 0 heterocycles. The molecule has 1 aromatic carbocycles. The molecular weight excluding hydrogens is 312 g/mol. The second-order valence-corrected chi connectivity index (χ2v) is 7.72. The molecule has 0 radical (unpaired) electrons. The molecule has 0 saturated carbocycles. The zero-order chi connectivity index (χ0) is 17.2. The topological polar surface area (TPSA) is 63.6 Å². The van der Waals surface area contributed by atoms with E-state index in [0.717, 1.165) is 19.3 Å². The number of hydrogen-bond acceptors (Lipinski definition) is 3. The molecule has 0 aromatic heterocycles. The van der Waals surface area contributed by atoms with Gasteiger partial charge in [-0.3, -0.25) is 4.55 Å². The van der Waals surface area contributed by atoms with Gasteiger partial charge >= 0.3 is 10.1 Å². The molecule has 1 unspecified atom stereocenters. The number of hydrogen-bond donors (Lipinski definition) is 1. The van der Waals surface area contributed by atoms with Gasteiger partial charge in [0.1, 0.15) is 5.75 Å². The lowest BCUT2D eigenvalue weighted by molar-refractivity contribution is 0.122. The Balaban J connectivity index is 2.62. The summed E-state index contributed by atoms with van der Waals surface area (Å²) in [7, 11) is -4.30. The number of benzene rings is 1. The van der Waals surface area contributed by atoms with Crippen molar-refractivity contribution >= 4 is 10.1 Å². The molecule has 4 nitrogen and oxygen atoms in total. The highest BCUT2D eigenvalue weighted by Crippen LogP contribution is 2.31. The Morgan fingerprint density at radius 2 is 1.52 bits per heavy atom. The molecule has 132 valence electrons. The number of unbranched alkanes of at least 4 members (excludes halogenated alkanes) is 6. The minimum atomic E-state index is -4.30. The number of ether oxygens (including phenoxy) is 1. The van der Waals surface area contributed by atoms with E-state index >= 15 is 0 Å². The molecule has 1 atom stereocenters. The monoisotopic (exact) mass is 342 g/mol. The SMILES string of the molecule is CCCCCCCCCC(CC)(Oc1ccccc1)S(=O)(=O)O. The Labute approximate surface area is 141 Å². The Morgan fingerprint density at radius 3 is 2.04 bits per heavy atom. The van der Waals surface area contributed by atoms with E-state index in [1.165, 1.54) is 25.7 Å². The summed E-state index contributed by atoms with van der Waals surface area (Å²) in [5.74, 6) is 0.468. The standard InChI is InChI=1S/C18H30O4S/c1-3-5-6-7-8-9-13-16-18(4-2,23(19,20)21)22-17-14-11-10-12-15-17/h10-12,14-15H,3-9,13,16H2,1-2H3,(H,19,20,21). The van der Waals surface area contributed by atoms with Gasteiger partial charge < -0.3 is 4.74 Å². The molecule has 0 amide bonds. The van der Waals surface area contributed by atoms with E-state index in [1.807, 2.05) is 6.07 Å². The van der Waals surface area contributed by atoms with E-state index < -0.39 is 15.1 Å². The predicted molar refractivity (Wildman–Crippen MR) is 94.3 cm³/mol. The molecule has 23 heavy (non-hydrogen) atoms. The Hall–Kier alpha value is -1.07. The number of para-hydroxylation sites is 1. The first kappa shape index (κ1) is 20.0. The van der Waals surface area contributed by atoms with Crippen molar-refractivity contribution in [1.29, 1.82) is 0 Å². The molecule has 0 aliphatic carbocycles. The predicted octanol–water partition coefficient (Wildman–Crippen LogP) is 5.20. The van der Waals surface area contributed by atoms with E-state index in [0.29, 0.717) is 12.2 Å². The van der Waals surface area contributed by atoms with E-state index in [4.69, 9.17) is 4.74 Å². The molecule has 1 N–H and O–H groups in total. The van der Waals surface area contributed by atoms with Crippen molar-refractivity contribution < 1.29 is 17.7 Å². The Kier molecular flexibility index (Phi) is 8.63. The maximum atomic E-state index is 11.9. The van der Waals surface area contributed by atoms with Crippen LogP contribution < -0.4 is 4.74 Å². The largest absolute Gasteiger partial charge is 0.469 e. The average molecular weight is 343 g/mol. The maximum Gasteiger partial charge on any atom is 0.306 e. The van der Waals surface area contributed by atoms with Gasteiger partial charge in [0.25, 0.3) is 0 Å². The van der Waals surface area contributed by atoms with Gasteiger partial charge in [-0.25, -0.2) is 0 Å². The maximum absolute atomic E-state index is 11.9. The highest BCUT2D eigenvalue weighted by molar-refractivity contribution is 7.87. The van der Waals surface area contributed by atoms with Crippen LogP contribution in [0, 0.1) is 0 Å². The summed E-state index contributed by atoms with van der Waals surface area (Å²) in [5, 5.41) is 0. The summed E-state index contributed by atoms with van der Waals surface area (Å²) in [5.41, 5.74) is 0. The quantitative estimate of drug-likeness (QED) is 0.419. The minimum absolute atomic E-state index is 0.219. The molecule has 0 aliphatic rings. The van der Waals surface area contributed by atoms with Crippen molar-refractivity contribution in [1.82, 2.24) is 0 Å². The first-order chi connectivity index (χ1) is 10.9. The summed E-state index contributed by atoms with van der Waals surface area (Å²) in [4.78, 5) is -1.54. The zero-order valence-electron chi connectivity index (χ0n) is 14.3. The lowest BCUT2D eigenvalue weighted by atomic mass is 10.0. The minimum Gasteiger partial charge on any atom is -0.469 e. The summed E-state index contributed by atoms with van der Waals surface area (Å²) in [6.07, 6.45) is 8.18. The van der Waals surface area contributed by atoms with Crippen molar-refractivity contribution in [2.75, 3.05) is 0 Å². The fourth-order valence-corrected chi connectivity index (χ4v) is 3.69. The molecule has 1 aromatic rings. The van der Waals surface area contributed by atoms with Crippen molar-refractivity contribution in [3.05, 3.63) is 30.3 Å². The van der Waals surface area contributed by atoms with Gasteiger partial charge in [-0.15, -0.1) is 0 Å². The molecule has 5 heteroatoms. The second kappa shape index (κ2) is 9.93. The third-order valence-corrected chi connectivity index (χ3v) is 5.73. The van der Waals surface area contributed by atoms with Crippen molar-refractivity contribution in [3.8, 4) is 5.75 Å². The van der Waals surface area contributed by atoms with Crippen LogP contribution >= 0.6 is 0 Å². The van der Waals surface area contributed by atoms with Crippen LogP contribution in [0.25, 0.3) is 0 Å². The van der Waals surface area contributed by atoms with Crippen LogP contribution in [0.5, 0.6) is 5.75 Å². The van der Waals surface area contributed by atoms with Gasteiger partial charge in [-0.05, 0) is 18.6 Å². The van der Waals surface area contributed by atoms with Crippen LogP contribution in [0.3, 0.4) is 0 Å². The Bertz CT molecular complexity index is 527. The lowest BCUT2D eigenvalue weighted by Gasteiger charge is -2.30. The van der Waals surface area contributed by atoms with Crippen molar-refractivity contribution in [2.24, 2.45) is 0 Å². The highest BCUT2D eigenvalue weighted by atomic mass is 32.2. The van der Waals surface area contributed by atoms with Crippen LogP contribution in [0.15, 0.2) is 30.3 Å². The summed E-state index contributed by atoms with van der Waals surface area (Å²) in [6, 6.07) is 8.83. The van der Waals surface area contributed by atoms with Crippen LogP contribution in [-0.2, 0) is 10.1 Å². The first-order valence-corrected chi connectivity index (χ1v) is 10.1. The highest BCUT2D eigenvalue weighted by Gasteiger charge is 2.43. The van der Waals surface area contributed by atoms with Gasteiger partial charge in [-0.2, -0.15) is 8.42 Å². The molecule has 0 aliphatic heterocycles. The molecule has 0 fully saturated rings. The van der Waals surface area contributed by atoms with E-state index in [-0.39, 0.29) is 6.42 Å².